The topological polar surface area (TPSA) is 132 Å². The van der Waals surface area contributed by atoms with Gasteiger partial charge in [0.15, 0.2) is 5.65 Å². The third-order valence-electron chi connectivity index (χ3n) is 7.30. The molecule has 1 aromatic carbocycles. The van der Waals surface area contributed by atoms with Crippen LogP contribution in [-0.2, 0) is 16.0 Å². The zero-order valence-corrected chi connectivity index (χ0v) is 22.2. The maximum absolute atomic E-state index is 11.4. The van der Waals surface area contributed by atoms with E-state index in [9.17, 15) is 4.79 Å². The number of anilines is 1. The Morgan fingerprint density at radius 1 is 1.31 bits per heavy atom. The van der Waals surface area contributed by atoms with Crippen molar-refractivity contribution in [2.75, 3.05) is 24.7 Å². The fraction of sp³-hybridized carbons (Fsp3) is 0.393. The number of benzene rings is 1. The minimum absolute atomic E-state index is 0.0787. The van der Waals surface area contributed by atoms with Crippen molar-refractivity contribution in [3.8, 4) is 23.6 Å². The van der Waals surface area contributed by atoms with Gasteiger partial charge in [-0.15, -0.1) is 18.9 Å². The SMILES string of the molecule is C#CC1CCC(Cn2c(N3CCOCC3C=C)nc3nc(C(=N)OC(N)=O)nc(-c4cccc(Cl)c4)c32)CC1. The second-order valence-electron chi connectivity index (χ2n) is 9.81. The van der Waals surface area contributed by atoms with Crippen LogP contribution in [0.15, 0.2) is 36.9 Å². The number of fused-ring (bicyclic) bond motifs is 1. The van der Waals surface area contributed by atoms with E-state index in [4.69, 9.17) is 43.6 Å². The lowest BCUT2D eigenvalue weighted by molar-refractivity contribution is 0.105. The molecule has 1 unspecified atom stereocenters. The third kappa shape index (κ3) is 5.60. The molecule has 2 aliphatic rings. The molecular weight excluding hydrogens is 518 g/mol. The second-order valence-corrected chi connectivity index (χ2v) is 10.2. The molecule has 3 heterocycles. The molecule has 10 nitrogen and oxygen atoms in total. The molecule has 1 saturated carbocycles. The molecular formula is C28H30ClN7O3. The fourth-order valence-electron chi connectivity index (χ4n) is 5.34. The molecule has 0 spiro atoms. The normalized spacial score (nSPS) is 21.3. The summed E-state index contributed by atoms with van der Waals surface area (Å²) in [4.78, 5) is 27.7. The van der Waals surface area contributed by atoms with E-state index in [1.165, 1.54) is 0 Å². The summed E-state index contributed by atoms with van der Waals surface area (Å²) < 4.78 is 12.7. The van der Waals surface area contributed by atoms with Crippen molar-refractivity contribution < 1.29 is 14.3 Å². The highest BCUT2D eigenvalue weighted by atomic mass is 35.5. The minimum Gasteiger partial charge on any atom is -0.388 e. The maximum Gasteiger partial charge on any atom is 0.411 e. The smallest absolute Gasteiger partial charge is 0.388 e. The van der Waals surface area contributed by atoms with Gasteiger partial charge < -0.3 is 24.7 Å². The molecule has 0 bridgehead atoms. The number of hydrogen-bond donors (Lipinski definition) is 2. The molecule has 0 radical (unpaired) electrons. The van der Waals surface area contributed by atoms with Crippen molar-refractivity contribution >= 4 is 40.7 Å². The van der Waals surface area contributed by atoms with Crippen LogP contribution in [0.1, 0.15) is 31.5 Å². The van der Waals surface area contributed by atoms with Crippen molar-refractivity contribution in [1.82, 2.24) is 19.5 Å². The van der Waals surface area contributed by atoms with Crippen LogP contribution >= 0.6 is 11.6 Å². The average molecular weight is 548 g/mol. The van der Waals surface area contributed by atoms with Crippen LogP contribution in [-0.4, -0.2) is 57.3 Å². The van der Waals surface area contributed by atoms with Crippen molar-refractivity contribution in [2.45, 2.75) is 38.3 Å². The first-order chi connectivity index (χ1) is 18.9. The van der Waals surface area contributed by atoms with Crippen LogP contribution in [0, 0.1) is 29.6 Å². The summed E-state index contributed by atoms with van der Waals surface area (Å²) in [6.07, 6.45) is 10.4. The van der Waals surface area contributed by atoms with Gasteiger partial charge in [-0.1, -0.05) is 29.8 Å². The highest BCUT2D eigenvalue weighted by Crippen LogP contribution is 2.36. The van der Waals surface area contributed by atoms with Gasteiger partial charge in [-0.3, -0.25) is 5.41 Å². The Morgan fingerprint density at radius 2 is 2.10 bits per heavy atom. The van der Waals surface area contributed by atoms with E-state index in [1.54, 1.807) is 12.1 Å². The third-order valence-corrected chi connectivity index (χ3v) is 7.54. The van der Waals surface area contributed by atoms with E-state index >= 15 is 0 Å². The van der Waals surface area contributed by atoms with E-state index in [0.29, 0.717) is 71.5 Å². The van der Waals surface area contributed by atoms with E-state index in [1.807, 2.05) is 18.2 Å². The maximum atomic E-state index is 11.4. The molecule has 5 rings (SSSR count). The molecule has 1 aliphatic carbocycles. The second kappa shape index (κ2) is 11.4. The summed E-state index contributed by atoms with van der Waals surface area (Å²) in [5.74, 6) is 3.65. The lowest BCUT2D eigenvalue weighted by atomic mass is 9.82. The Hall–Kier alpha value is -3.94. The van der Waals surface area contributed by atoms with Gasteiger partial charge in [-0.05, 0) is 43.7 Å². The molecule has 2 fully saturated rings. The Labute approximate surface area is 231 Å². The summed E-state index contributed by atoms with van der Waals surface area (Å²) in [7, 11) is 0. The van der Waals surface area contributed by atoms with Crippen LogP contribution in [0.2, 0.25) is 5.02 Å². The van der Waals surface area contributed by atoms with Gasteiger partial charge in [-0.2, -0.15) is 4.98 Å². The molecule has 3 N–H and O–H groups in total. The Kier molecular flexibility index (Phi) is 7.82. The zero-order valence-electron chi connectivity index (χ0n) is 21.5. The Bertz CT molecular complexity index is 1460. The molecule has 11 heteroatoms. The number of aromatic nitrogens is 4. The number of carbonyl (C=O) groups is 1. The number of primary amides is 1. The van der Waals surface area contributed by atoms with Crippen molar-refractivity contribution in [2.24, 2.45) is 17.6 Å². The van der Waals surface area contributed by atoms with Crippen LogP contribution in [0.25, 0.3) is 22.4 Å². The van der Waals surface area contributed by atoms with Crippen molar-refractivity contribution in [3.05, 3.63) is 47.8 Å². The number of morpholine rings is 1. The monoisotopic (exact) mass is 547 g/mol. The molecule has 3 aromatic rings. The summed E-state index contributed by atoms with van der Waals surface area (Å²) in [5.41, 5.74) is 7.47. The van der Waals surface area contributed by atoms with E-state index in [2.05, 4.69) is 31.9 Å². The van der Waals surface area contributed by atoms with E-state index < -0.39 is 12.0 Å². The number of nitrogens with two attached hydrogens (primary N) is 1. The van der Waals surface area contributed by atoms with Gasteiger partial charge >= 0.3 is 6.09 Å². The average Bonchev–Trinajstić information content (AvgIpc) is 3.30. The Morgan fingerprint density at radius 3 is 2.79 bits per heavy atom. The number of terminal acetylenes is 1. The lowest BCUT2D eigenvalue weighted by Gasteiger charge is -2.35. The molecule has 1 saturated heterocycles. The van der Waals surface area contributed by atoms with Gasteiger partial charge in [0.2, 0.25) is 11.8 Å². The van der Waals surface area contributed by atoms with Gasteiger partial charge in [0.25, 0.3) is 5.90 Å². The van der Waals surface area contributed by atoms with Crippen LogP contribution < -0.4 is 10.6 Å². The first-order valence-electron chi connectivity index (χ1n) is 12.9. The minimum atomic E-state index is -1.12. The molecule has 39 heavy (non-hydrogen) atoms. The molecule has 202 valence electrons. The van der Waals surface area contributed by atoms with Crippen molar-refractivity contribution in [3.63, 3.8) is 0 Å². The standard InChI is InChI=1S/C28H30ClN7O3/c1-3-17-8-10-18(11-9-17)15-36-23-22(19-6-5-7-20(29)14-19)32-26(24(30)39-27(31)37)33-25(23)34-28(36)35-12-13-38-16-21(35)4-2/h1,4-7,14,17-18,21,30H,2,8-13,15-16H2,(H2,31,37). The summed E-state index contributed by atoms with van der Waals surface area (Å²) in [6, 6.07) is 7.20. The summed E-state index contributed by atoms with van der Waals surface area (Å²) in [6.45, 7) is 6.37. The number of amides is 1. The highest BCUT2D eigenvalue weighted by molar-refractivity contribution is 6.30. The van der Waals surface area contributed by atoms with E-state index in [0.717, 1.165) is 25.7 Å². The van der Waals surface area contributed by atoms with Crippen LogP contribution in [0.5, 0.6) is 0 Å². The predicted molar refractivity (Wildman–Crippen MR) is 150 cm³/mol. The fourth-order valence-corrected chi connectivity index (χ4v) is 5.53. The van der Waals surface area contributed by atoms with Gasteiger partial charge in [0.1, 0.15) is 11.2 Å². The zero-order chi connectivity index (χ0) is 27.5. The van der Waals surface area contributed by atoms with Crippen LogP contribution in [0.3, 0.4) is 0 Å². The van der Waals surface area contributed by atoms with Gasteiger partial charge in [0, 0.05) is 29.6 Å². The number of ether oxygens (including phenoxy) is 2. The number of nitrogens with zero attached hydrogens (tertiary/aromatic N) is 5. The summed E-state index contributed by atoms with van der Waals surface area (Å²) in [5, 5.41) is 8.76. The van der Waals surface area contributed by atoms with Gasteiger partial charge in [-0.25, -0.2) is 14.8 Å². The first kappa shape index (κ1) is 26.7. The number of nitrogens with one attached hydrogen (secondary N) is 1. The number of carbonyl (C=O) groups excluding carboxylic acids is 1. The Balaban J connectivity index is 1.71. The van der Waals surface area contributed by atoms with Crippen LogP contribution in [0.4, 0.5) is 10.7 Å². The molecule has 1 aliphatic heterocycles. The molecule has 2 aromatic heterocycles. The molecule has 1 atom stereocenters. The van der Waals surface area contributed by atoms with Gasteiger partial charge in [0.05, 0.1) is 19.3 Å². The number of hydrogen-bond acceptors (Lipinski definition) is 8. The lowest BCUT2D eigenvalue weighted by Crippen LogP contribution is -2.45. The quantitative estimate of drug-likeness (QED) is 0.202. The number of imidazole rings is 1. The highest BCUT2D eigenvalue weighted by Gasteiger charge is 2.31. The number of halogens is 1. The molecule has 1 amide bonds. The first-order valence-corrected chi connectivity index (χ1v) is 13.3. The number of rotatable bonds is 6. The summed E-state index contributed by atoms with van der Waals surface area (Å²) >= 11 is 6.36. The van der Waals surface area contributed by atoms with E-state index in [-0.39, 0.29) is 11.9 Å². The predicted octanol–water partition coefficient (Wildman–Crippen LogP) is 4.40. The van der Waals surface area contributed by atoms with Crippen molar-refractivity contribution in [1.29, 1.82) is 5.41 Å². The largest absolute Gasteiger partial charge is 0.411 e.